The summed E-state index contributed by atoms with van der Waals surface area (Å²) in [6.07, 6.45) is 3.30. The predicted octanol–water partition coefficient (Wildman–Crippen LogP) is 1.31. The molecule has 2 heterocycles. The summed E-state index contributed by atoms with van der Waals surface area (Å²) in [5, 5.41) is 2.45. The number of fused-ring (bicyclic) bond motifs is 1. The number of benzene rings is 1. The van der Waals surface area contributed by atoms with Crippen LogP contribution in [0.4, 0.5) is 5.69 Å². The first kappa shape index (κ1) is 16.5. The minimum absolute atomic E-state index is 0.0554. The molecular formula is C15H14N2O5S2. The summed E-state index contributed by atoms with van der Waals surface area (Å²) >= 11 is 0. The van der Waals surface area contributed by atoms with Crippen LogP contribution in [0, 0.1) is 0 Å². The highest BCUT2D eigenvalue weighted by molar-refractivity contribution is 7.91. The second-order valence-electron chi connectivity index (χ2n) is 5.51. The van der Waals surface area contributed by atoms with Crippen LogP contribution in [-0.2, 0) is 24.5 Å². The van der Waals surface area contributed by atoms with E-state index in [0.29, 0.717) is 11.3 Å². The Morgan fingerprint density at radius 3 is 2.29 bits per heavy atom. The summed E-state index contributed by atoms with van der Waals surface area (Å²) in [5.74, 6) is -0.383. The largest absolute Gasteiger partial charge is 0.345 e. The SMILES string of the molecule is CS(=O)(=O)c1cc(S(C)(=O)=O)c(/C=C2\C(=O)Nc3ccccc32)[nH]1. The Hall–Kier alpha value is -2.39. The van der Waals surface area contributed by atoms with Crippen LogP contribution in [0.2, 0.25) is 0 Å². The third-order valence-electron chi connectivity index (χ3n) is 3.58. The summed E-state index contributed by atoms with van der Waals surface area (Å²) in [4.78, 5) is 14.5. The molecule has 0 saturated heterocycles. The van der Waals surface area contributed by atoms with Crippen LogP contribution in [-0.4, -0.2) is 40.2 Å². The van der Waals surface area contributed by atoms with Crippen molar-refractivity contribution >= 4 is 42.9 Å². The zero-order chi connectivity index (χ0) is 17.7. The van der Waals surface area contributed by atoms with Crippen LogP contribution in [0.15, 0.2) is 40.3 Å². The van der Waals surface area contributed by atoms with E-state index in [-0.39, 0.29) is 27.1 Å². The number of aromatic nitrogens is 1. The maximum Gasteiger partial charge on any atom is 0.256 e. The van der Waals surface area contributed by atoms with E-state index >= 15 is 0 Å². The van der Waals surface area contributed by atoms with Crippen molar-refractivity contribution < 1.29 is 21.6 Å². The highest BCUT2D eigenvalue weighted by Crippen LogP contribution is 2.34. The van der Waals surface area contributed by atoms with Gasteiger partial charge in [-0.2, -0.15) is 0 Å². The van der Waals surface area contributed by atoms with Crippen molar-refractivity contribution in [1.29, 1.82) is 0 Å². The van der Waals surface area contributed by atoms with E-state index in [1.165, 1.54) is 6.08 Å². The maximum atomic E-state index is 12.1. The zero-order valence-corrected chi connectivity index (χ0v) is 14.5. The van der Waals surface area contributed by atoms with Gasteiger partial charge < -0.3 is 10.3 Å². The predicted molar refractivity (Wildman–Crippen MR) is 90.0 cm³/mol. The van der Waals surface area contributed by atoms with Gasteiger partial charge in [-0.15, -0.1) is 0 Å². The molecule has 2 N–H and O–H groups in total. The number of hydrogen-bond donors (Lipinski definition) is 2. The Bertz CT molecular complexity index is 1090. The maximum absolute atomic E-state index is 12.1. The fourth-order valence-electron chi connectivity index (χ4n) is 2.47. The van der Waals surface area contributed by atoms with Crippen LogP contribution in [0.1, 0.15) is 11.3 Å². The number of para-hydroxylation sites is 1. The molecule has 0 radical (unpaired) electrons. The van der Waals surface area contributed by atoms with Gasteiger partial charge in [-0.1, -0.05) is 18.2 Å². The van der Waals surface area contributed by atoms with Gasteiger partial charge in [-0.3, -0.25) is 4.79 Å². The van der Waals surface area contributed by atoms with E-state index in [1.54, 1.807) is 24.3 Å². The third kappa shape index (κ3) is 2.87. The second kappa shape index (κ2) is 5.32. The van der Waals surface area contributed by atoms with E-state index in [0.717, 1.165) is 18.6 Å². The third-order valence-corrected chi connectivity index (χ3v) is 5.74. The molecule has 3 rings (SSSR count). The van der Waals surface area contributed by atoms with Crippen molar-refractivity contribution in [3.63, 3.8) is 0 Å². The standard InChI is InChI=1S/C15H14N2O5S2/c1-23(19,20)13-8-14(24(2,21)22)16-12(13)7-10-9-5-3-4-6-11(9)17-15(10)18/h3-8,16H,1-2H3,(H,17,18)/b10-7-. The lowest BCUT2D eigenvalue weighted by molar-refractivity contribution is -0.110. The molecular weight excluding hydrogens is 352 g/mol. The first-order chi connectivity index (χ1) is 11.1. The first-order valence-corrected chi connectivity index (χ1v) is 10.6. The van der Waals surface area contributed by atoms with Crippen LogP contribution in [0.25, 0.3) is 11.6 Å². The molecule has 1 aliphatic heterocycles. The fraction of sp³-hybridized carbons (Fsp3) is 0.133. The van der Waals surface area contributed by atoms with Gasteiger partial charge in [-0.25, -0.2) is 16.8 Å². The van der Waals surface area contributed by atoms with Crippen LogP contribution < -0.4 is 5.32 Å². The van der Waals surface area contributed by atoms with Gasteiger partial charge in [0.25, 0.3) is 5.91 Å². The number of carbonyl (C=O) groups excluding carboxylic acids is 1. The van der Waals surface area contributed by atoms with Gasteiger partial charge in [0, 0.05) is 23.8 Å². The molecule has 0 spiro atoms. The zero-order valence-electron chi connectivity index (χ0n) is 12.8. The molecule has 0 fully saturated rings. The summed E-state index contributed by atoms with van der Waals surface area (Å²) in [5.41, 5.74) is 1.55. The normalized spacial score (nSPS) is 16.2. The molecule has 0 saturated carbocycles. The van der Waals surface area contributed by atoms with Crippen molar-refractivity contribution in [2.75, 3.05) is 17.8 Å². The lowest BCUT2D eigenvalue weighted by Crippen LogP contribution is -2.04. The van der Waals surface area contributed by atoms with Gasteiger partial charge in [0.1, 0.15) is 5.03 Å². The van der Waals surface area contributed by atoms with Crippen LogP contribution in [0.3, 0.4) is 0 Å². The van der Waals surface area contributed by atoms with E-state index < -0.39 is 19.7 Å². The van der Waals surface area contributed by atoms with Crippen molar-refractivity contribution in [2.24, 2.45) is 0 Å². The van der Waals surface area contributed by atoms with Gasteiger partial charge >= 0.3 is 0 Å². The lowest BCUT2D eigenvalue weighted by atomic mass is 10.1. The van der Waals surface area contributed by atoms with E-state index in [1.807, 2.05) is 0 Å². The summed E-state index contributed by atoms with van der Waals surface area (Å²) in [6, 6.07) is 8.03. The molecule has 126 valence electrons. The fourth-order valence-corrected chi connectivity index (χ4v) is 4.01. The molecule has 1 aromatic heterocycles. The lowest BCUT2D eigenvalue weighted by Gasteiger charge is -1.99. The Morgan fingerprint density at radius 1 is 1.00 bits per heavy atom. The van der Waals surface area contributed by atoms with Crippen molar-refractivity contribution in [3.8, 4) is 0 Å². The number of rotatable bonds is 3. The minimum atomic E-state index is -3.68. The number of aromatic amines is 1. The van der Waals surface area contributed by atoms with E-state index in [9.17, 15) is 21.6 Å². The Balaban J connectivity index is 2.24. The molecule has 7 nitrogen and oxygen atoms in total. The number of sulfone groups is 2. The topological polar surface area (TPSA) is 113 Å². The molecule has 1 aromatic carbocycles. The number of carbonyl (C=O) groups is 1. The molecule has 1 amide bonds. The van der Waals surface area contributed by atoms with Gasteiger partial charge in [0.2, 0.25) is 0 Å². The highest BCUT2D eigenvalue weighted by Gasteiger charge is 2.26. The van der Waals surface area contributed by atoms with Crippen LogP contribution >= 0.6 is 0 Å². The summed E-state index contributed by atoms with van der Waals surface area (Å²) in [7, 11) is -7.30. The molecule has 24 heavy (non-hydrogen) atoms. The average Bonchev–Trinajstić information content (AvgIpc) is 3.01. The number of hydrogen-bond acceptors (Lipinski definition) is 5. The van der Waals surface area contributed by atoms with E-state index in [2.05, 4.69) is 10.3 Å². The Morgan fingerprint density at radius 2 is 1.67 bits per heavy atom. The molecule has 1 aliphatic rings. The van der Waals surface area contributed by atoms with Crippen molar-refractivity contribution in [3.05, 3.63) is 41.6 Å². The monoisotopic (exact) mass is 366 g/mol. The summed E-state index contributed by atoms with van der Waals surface area (Å²) in [6.45, 7) is 0. The molecule has 0 aliphatic carbocycles. The molecule has 0 atom stereocenters. The number of H-pyrrole nitrogens is 1. The molecule has 9 heteroatoms. The number of nitrogens with one attached hydrogen (secondary N) is 2. The molecule has 0 bridgehead atoms. The van der Waals surface area contributed by atoms with Gasteiger partial charge in [0.15, 0.2) is 19.7 Å². The van der Waals surface area contributed by atoms with E-state index in [4.69, 9.17) is 0 Å². The first-order valence-electron chi connectivity index (χ1n) is 6.83. The average molecular weight is 366 g/mol. The highest BCUT2D eigenvalue weighted by atomic mass is 32.2. The minimum Gasteiger partial charge on any atom is -0.345 e. The number of anilines is 1. The Kier molecular flexibility index (Phi) is 3.65. The van der Waals surface area contributed by atoms with Crippen molar-refractivity contribution in [2.45, 2.75) is 9.92 Å². The molecule has 2 aromatic rings. The number of amides is 1. The quantitative estimate of drug-likeness (QED) is 0.795. The van der Waals surface area contributed by atoms with Gasteiger partial charge in [-0.05, 0) is 18.2 Å². The molecule has 0 unspecified atom stereocenters. The smallest absolute Gasteiger partial charge is 0.256 e. The second-order valence-corrected chi connectivity index (χ2v) is 9.48. The van der Waals surface area contributed by atoms with Crippen LogP contribution in [0.5, 0.6) is 0 Å². The summed E-state index contributed by atoms with van der Waals surface area (Å²) < 4.78 is 47.3. The van der Waals surface area contributed by atoms with Gasteiger partial charge in [0.05, 0.1) is 16.2 Å². The van der Waals surface area contributed by atoms with Crippen molar-refractivity contribution in [1.82, 2.24) is 4.98 Å². The Labute approximate surface area is 139 Å².